The highest BCUT2D eigenvalue weighted by Gasteiger charge is 2.01. The fourth-order valence-electron chi connectivity index (χ4n) is 1.58. The van der Waals surface area contributed by atoms with Gasteiger partial charge in [0.1, 0.15) is 0 Å². The van der Waals surface area contributed by atoms with Gasteiger partial charge in [-0.15, -0.1) is 11.3 Å². The van der Waals surface area contributed by atoms with Crippen LogP contribution < -0.4 is 5.32 Å². The van der Waals surface area contributed by atoms with Crippen LogP contribution in [-0.2, 0) is 6.54 Å². The zero-order chi connectivity index (χ0) is 10.5. The van der Waals surface area contributed by atoms with Crippen LogP contribution >= 0.6 is 27.3 Å². The highest BCUT2D eigenvalue weighted by atomic mass is 79.9. The van der Waals surface area contributed by atoms with E-state index >= 15 is 0 Å². The number of nitrogens with one attached hydrogen (secondary N) is 1. The maximum atomic E-state index is 3.46. The Hall–Kier alpha value is -0.380. The fourth-order valence-corrected chi connectivity index (χ4v) is 2.83. The lowest BCUT2D eigenvalue weighted by atomic mass is 10.2. The topological polar surface area (TPSA) is 12.0 Å². The third-order valence-electron chi connectivity index (χ3n) is 2.36. The van der Waals surface area contributed by atoms with Gasteiger partial charge in [-0.25, -0.2) is 0 Å². The van der Waals surface area contributed by atoms with Crippen LogP contribution in [0.3, 0.4) is 0 Å². The molecule has 1 aromatic carbocycles. The Balaban J connectivity index is 2.02. The minimum Gasteiger partial charge on any atom is -0.313 e. The van der Waals surface area contributed by atoms with E-state index in [1.807, 2.05) is 11.3 Å². The third kappa shape index (κ3) is 2.80. The molecule has 15 heavy (non-hydrogen) atoms. The normalized spacial score (nSPS) is 11.0. The molecule has 1 N–H and O–H groups in total. The maximum absolute atomic E-state index is 3.46. The maximum Gasteiger partial charge on any atom is 0.0346 e. The molecule has 0 bridgehead atoms. The van der Waals surface area contributed by atoms with Crippen LogP contribution in [0.15, 0.2) is 29.6 Å². The summed E-state index contributed by atoms with van der Waals surface area (Å²) >= 11 is 5.26. The lowest BCUT2D eigenvalue weighted by Gasteiger charge is -2.01. The number of halogens is 1. The number of fused-ring (bicyclic) bond motifs is 1. The number of hydrogen-bond acceptors (Lipinski definition) is 2. The summed E-state index contributed by atoms with van der Waals surface area (Å²) < 4.78 is 1.38. The molecule has 0 aliphatic rings. The number of benzene rings is 1. The molecule has 0 radical (unpaired) electrons. The first-order valence-electron chi connectivity index (χ1n) is 5.13. The average Bonchev–Trinajstić information content (AvgIpc) is 2.68. The Morgan fingerprint density at radius 2 is 2.13 bits per heavy atom. The summed E-state index contributed by atoms with van der Waals surface area (Å²) in [7, 11) is 0. The molecule has 80 valence electrons. The lowest BCUT2D eigenvalue weighted by Crippen LogP contribution is -2.14. The molecule has 1 heterocycles. The predicted molar refractivity (Wildman–Crippen MR) is 71.9 cm³/mol. The standard InChI is InChI=1S/C12H14BrNS/c13-6-3-7-14-8-10-9-15-12-5-2-1-4-11(10)12/h1-2,4-5,9,14H,3,6-8H2. The molecule has 0 unspecified atom stereocenters. The van der Waals surface area contributed by atoms with Gasteiger partial charge in [0.25, 0.3) is 0 Å². The Kier molecular flexibility index (Phi) is 4.18. The summed E-state index contributed by atoms with van der Waals surface area (Å²) in [5.41, 5.74) is 1.42. The predicted octanol–water partition coefficient (Wildman–Crippen LogP) is 3.78. The molecule has 0 saturated carbocycles. The van der Waals surface area contributed by atoms with Crippen LogP contribution in [-0.4, -0.2) is 11.9 Å². The van der Waals surface area contributed by atoms with Crippen LogP contribution in [0, 0.1) is 0 Å². The molecule has 0 spiro atoms. The lowest BCUT2D eigenvalue weighted by molar-refractivity contribution is 0.684. The summed E-state index contributed by atoms with van der Waals surface area (Å²) in [4.78, 5) is 0. The molecular weight excluding hydrogens is 270 g/mol. The van der Waals surface area contributed by atoms with Crippen molar-refractivity contribution in [2.24, 2.45) is 0 Å². The average molecular weight is 284 g/mol. The summed E-state index contributed by atoms with van der Waals surface area (Å²) in [6, 6.07) is 8.59. The molecule has 0 atom stereocenters. The molecule has 0 saturated heterocycles. The van der Waals surface area contributed by atoms with Crippen molar-refractivity contribution in [3.63, 3.8) is 0 Å². The van der Waals surface area contributed by atoms with Gasteiger partial charge in [-0.1, -0.05) is 34.1 Å². The summed E-state index contributed by atoms with van der Waals surface area (Å²) in [6.07, 6.45) is 1.18. The Labute approximate surface area is 103 Å². The first-order valence-corrected chi connectivity index (χ1v) is 7.13. The van der Waals surface area contributed by atoms with Crippen molar-refractivity contribution in [1.82, 2.24) is 5.32 Å². The van der Waals surface area contributed by atoms with Crippen molar-refractivity contribution in [3.8, 4) is 0 Å². The van der Waals surface area contributed by atoms with Gasteiger partial charge in [-0.05, 0) is 35.4 Å². The van der Waals surface area contributed by atoms with Gasteiger partial charge in [0.2, 0.25) is 0 Å². The van der Waals surface area contributed by atoms with E-state index in [1.165, 1.54) is 22.1 Å². The van der Waals surface area contributed by atoms with E-state index < -0.39 is 0 Å². The molecule has 1 aromatic heterocycles. The highest BCUT2D eigenvalue weighted by molar-refractivity contribution is 9.09. The number of alkyl halides is 1. The summed E-state index contributed by atoms with van der Waals surface area (Å²) in [5.74, 6) is 0. The van der Waals surface area contributed by atoms with Crippen LogP contribution in [0.1, 0.15) is 12.0 Å². The van der Waals surface area contributed by atoms with Crippen molar-refractivity contribution in [1.29, 1.82) is 0 Å². The van der Waals surface area contributed by atoms with Crippen LogP contribution in [0.25, 0.3) is 10.1 Å². The number of hydrogen-bond donors (Lipinski definition) is 1. The van der Waals surface area contributed by atoms with Crippen molar-refractivity contribution < 1.29 is 0 Å². The van der Waals surface area contributed by atoms with Gasteiger partial charge >= 0.3 is 0 Å². The van der Waals surface area contributed by atoms with Gasteiger partial charge < -0.3 is 5.32 Å². The van der Waals surface area contributed by atoms with E-state index in [0.29, 0.717) is 0 Å². The van der Waals surface area contributed by atoms with Crippen molar-refractivity contribution in [2.45, 2.75) is 13.0 Å². The summed E-state index contributed by atoms with van der Waals surface area (Å²) in [6.45, 7) is 2.06. The second-order valence-corrected chi connectivity index (χ2v) is 5.18. The van der Waals surface area contributed by atoms with E-state index in [9.17, 15) is 0 Å². The minimum absolute atomic E-state index is 0.983. The van der Waals surface area contributed by atoms with E-state index in [2.05, 4.69) is 50.9 Å². The van der Waals surface area contributed by atoms with Gasteiger partial charge in [0.15, 0.2) is 0 Å². The second-order valence-electron chi connectivity index (χ2n) is 3.48. The molecule has 0 aliphatic heterocycles. The Morgan fingerprint density at radius 1 is 1.27 bits per heavy atom. The molecular formula is C12H14BrNS. The number of thiophene rings is 1. The van der Waals surface area contributed by atoms with Crippen molar-refractivity contribution >= 4 is 37.4 Å². The van der Waals surface area contributed by atoms with E-state index in [4.69, 9.17) is 0 Å². The van der Waals surface area contributed by atoms with Crippen molar-refractivity contribution in [2.75, 3.05) is 11.9 Å². The molecule has 0 aliphatic carbocycles. The van der Waals surface area contributed by atoms with Crippen molar-refractivity contribution in [3.05, 3.63) is 35.2 Å². The van der Waals surface area contributed by atoms with Crippen LogP contribution in [0.5, 0.6) is 0 Å². The zero-order valence-electron chi connectivity index (χ0n) is 8.50. The highest BCUT2D eigenvalue weighted by Crippen LogP contribution is 2.25. The fraction of sp³-hybridized carbons (Fsp3) is 0.333. The van der Waals surface area contributed by atoms with Gasteiger partial charge in [-0.3, -0.25) is 0 Å². The summed E-state index contributed by atoms with van der Waals surface area (Å²) in [5, 5.41) is 8.18. The van der Waals surface area contributed by atoms with Gasteiger partial charge in [0, 0.05) is 16.6 Å². The minimum atomic E-state index is 0.983. The first kappa shape index (κ1) is 11.1. The van der Waals surface area contributed by atoms with Crippen LogP contribution in [0.4, 0.5) is 0 Å². The van der Waals surface area contributed by atoms with Crippen LogP contribution in [0.2, 0.25) is 0 Å². The smallest absolute Gasteiger partial charge is 0.0346 e. The molecule has 0 amide bonds. The third-order valence-corrected chi connectivity index (χ3v) is 3.94. The van der Waals surface area contributed by atoms with E-state index in [1.54, 1.807) is 0 Å². The van der Waals surface area contributed by atoms with E-state index in [0.717, 1.165) is 18.4 Å². The first-order chi connectivity index (χ1) is 7.42. The molecule has 0 fully saturated rings. The molecule has 3 heteroatoms. The van der Waals surface area contributed by atoms with Gasteiger partial charge in [-0.2, -0.15) is 0 Å². The number of rotatable bonds is 5. The van der Waals surface area contributed by atoms with E-state index in [-0.39, 0.29) is 0 Å². The SMILES string of the molecule is BrCCCNCc1csc2ccccc12. The monoisotopic (exact) mass is 283 g/mol. The second kappa shape index (κ2) is 5.64. The zero-order valence-corrected chi connectivity index (χ0v) is 10.9. The quantitative estimate of drug-likeness (QED) is 0.651. The Morgan fingerprint density at radius 3 is 3.00 bits per heavy atom. The Bertz CT molecular complexity index is 424. The van der Waals surface area contributed by atoms with Gasteiger partial charge in [0.05, 0.1) is 0 Å². The molecule has 2 aromatic rings. The largest absolute Gasteiger partial charge is 0.313 e. The molecule has 1 nitrogen and oxygen atoms in total. The molecule has 2 rings (SSSR count).